The van der Waals surface area contributed by atoms with E-state index in [0.717, 1.165) is 0 Å². The third kappa shape index (κ3) is 1.72. The van der Waals surface area contributed by atoms with Crippen LogP contribution in [0.2, 0.25) is 0 Å². The van der Waals surface area contributed by atoms with Crippen LogP contribution in [0.25, 0.3) is 0 Å². The summed E-state index contributed by atoms with van der Waals surface area (Å²) in [5.41, 5.74) is 0.415. The Morgan fingerprint density at radius 2 is 2.13 bits per heavy atom. The van der Waals surface area contributed by atoms with Gasteiger partial charge in [-0.15, -0.1) is 0 Å². The third-order valence-corrected chi connectivity index (χ3v) is 2.46. The lowest BCUT2D eigenvalue weighted by atomic mass is 9.94. The van der Waals surface area contributed by atoms with E-state index in [0.29, 0.717) is 16.8 Å². The summed E-state index contributed by atoms with van der Waals surface area (Å²) >= 11 is 0. The molecule has 1 heterocycles. The fraction of sp³-hybridized carbons (Fsp3) is 0.364. The van der Waals surface area contributed by atoms with Gasteiger partial charge < -0.3 is 10.4 Å². The van der Waals surface area contributed by atoms with Crippen molar-refractivity contribution < 1.29 is 14.3 Å². The number of carbonyl (C=O) groups excluding carboxylic acids is 1. The largest absolute Gasteiger partial charge is 0.386 e. The predicted molar refractivity (Wildman–Crippen MR) is 54.0 cm³/mol. The van der Waals surface area contributed by atoms with Crippen molar-refractivity contribution in [1.29, 1.82) is 0 Å². The first-order chi connectivity index (χ1) is 6.88. The van der Waals surface area contributed by atoms with Crippen LogP contribution in [0.5, 0.6) is 0 Å². The van der Waals surface area contributed by atoms with E-state index in [1.807, 2.05) is 0 Å². The van der Waals surface area contributed by atoms with Gasteiger partial charge in [0.25, 0.3) is 0 Å². The van der Waals surface area contributed by atoms with Crippen molar-refractivity contribution >= 4 is 11.6 Å². The van der Waals surface area contributed by atoms with Crippen LogP contribution in [0.3, 0.4) is 0 Å². The Balaban J connectivity index is 2.62. The Morgan fingerprint density at radius 1 is 1.47 bits per heavy atom. The summed E-state index contributed by atoms with van der Waals surface area (Å²) < 4.78 is 13.2. The molecule has 1 aliphatic heterocycles. The zero-order chi connectivity index (χ0) is 11.2. The Morgan fingerprint density at radius 3 is 2.73 bits per heavy atom. The number of hydrogen-bond donors (Lipinski definition) is 2. The van der Waals surface area contributed by atoms with Gasteiger partial charge in [-0.2, -0.15) is 0 Å². The number of aliphatic hydroxyl groups is 1. The van der Waals surface area contributed by atoms with Gasteiger partial charge >= 0.3 is 0 Å². The van der Waals surface area contributed by atoms with Crippen molar-refractivity contribution in [3.8, 4) is 0 Å². The Kier molecular flexibility index (Phi) is 2.04. The average molecular weight is 209 g/mol. The molecule has 2 N–H and O–H groups in total. The maximum Gasteiger partial charge on any atom is 0.228 e. The van der Waals surface area contributed by atoms with Crippen molar-refractivity contribution in [2.75, 3.05) is 5.32 Å². The number of hydrogen-bond acceptors (Lipinski definition) is 2. The van der Waals surface area contributed by atoms with Gasteiger partial charge in [0.2, 0.25) is 5.91 Å². The smallest absolute Gasteiger partial charge is 0.228 e. The third-order valence-electron chi connectivity index (χ3n) is 2.46. The molecule has 0 spiro atoms. The van der Waals surface area contributed by atoms with Gasteiger partial charge in [0.05, 0.1) is 17.7 Å². The minimum absolute atomic E-state index is 0.166. The molecule has 0 unspecified atom stereocenters. The highest BCUT2D eigenvalue weighted by atomic mass is 19.1. The first-order valence-corrected chi connectivity index (χ1v) is 4.73. The van der Waals surface area contributed by atoms with Gasteiger partial charge in [-0.1, -0.05) is 0 Å². The highest BCUT2D eigenvalue weighted by molar-refractivity contribution is 6.00. The van der Waals surface area contributed by atoms with Crippen LogP contribution >= 0.6 is 0 Å². The predicted octanol–water partition coefficient (Wildman–Crippen LogP) is 1.55. The second-order valence-electron chi connectivity index (χ2n) is 4.27. The van der Waals surface area contributed by atoms with Crippen LogP contribution < -0.4 is 5.32 Å². The van der Waals surface area contributed by atoms with Gasteiger partial charge in [-0.3, -0.25) is 4.79 Å². The number of halogens is 1. The van der Waals surface area contributed by atoms with Crippen molar-refractivity contribution in [2.24, 2.45) is 0 Å². The zero-order valence-corrected chi connectivity index (χ0v) is 8.60. The summed E-state index contributed by atoms with van der Waals surface area (Å²) in [5.74, 6) is -0.594. The Bertz CT molecular complexity index is 435. The first kappa shape index (κ1) is 10.1. The first-order valence-electron chi connectivity index (χ1n) is 4.73. The summed E-state index contributed by atoms with van der Waals surface area (Å²) in [4.78, 5) is 11.2. The lowest BCUT2D eigenvalue weighted by Gasteiger charge is -2.21. The van der Waals surface area contributed by atoms with Crippen LogP contribution in [0.1, 0.15) is 25.0 Å². The number of anilines is 1. The molecule has 1 aliphatic rings. The number of fused-ring (bicyclic) bond motifs is 1. The number of nitrogens with one attached hydrogen (secondary N) is 1. The summed E-state index contributed by atoms with van der Waals surface area (Å²) in [5, 5.41) is 12.5. The van der Waals surface area contributed by atoms with Crippen LogP contribution in [0.15, 0.2) is 12.1 Å². The molecular weight excluding hydrogens is 197 g/mol. The number of benzene rings is 1. The summed E-state index contributed by atoms with van der Waals surface area (Å²) in [7, 11) is 0. The van der Waals surface area contributed by atoms with Gasteiger partial charge in [0.15, 0.2) is 0 Å². The molecular formula is C11H12FNO2. The molecule has 0 saturated heterocycles. The summed E-state index contributed by atoms with van der Waals surface area (Å²) in [6, 6.07) is 2.58. The van der Waals surface area contributed by atoms with E-state index in [1.165, 1.54) is 12.1 Å². The maximum absolute atomic E-state index is 13.2. The molecule has 0 radical (unpaired) electrons. The molecule has 0 saturated carbocycles. The van der Waals surface area contributed by atoms with E-state index in [1.54, 1.807) is 13.8 Å². The maximum atomic E-state index is 13.2. The molecule has 0 bridgehead atoms. The van der Waals surface area contributed by atoms with Gasteiger partial charge in [-0.25, -0.2) is 4.39 Å². The zero-order valence-electron chi connectivity index (χ0n) is 8.60. The van der Waals surface area contributed by atoms with E-state index in [4.69, 9.17) is 0 Å². The molecule has 15 heavy (non-hydrogen) atoms. The van der Waals surface area contributed by atoms with E-state index >= 15 is 0 Å². The lowest BCUT2D eigenvalue weighted by Crippen LogP contribution is -2.18. The Labute approximate surface area is 86.9 Å². The molecule has 2 rings (SSSR count). The van der Waals surface area contributed by atoms with Gasteiger partial charge in [0.1, 0.15) is 5.82 Å². The molecule has 1 amide bonds. The summed E-state index contributed by atoms with van der Waals surface area (Å²) in [6.07, 6.45) is 0.177. The minimum Gasteiger partial charge on any atom is -0.386 e. The van der Waals surface area contributed by atoms with E-state index < -0.39 is 11.4 Å². The van der Waals surface area contributed by atoms with E-state index in [2.05, 4.69) is 5.32 Å². The highest BCUT2D eigenvalue weighted by Crippen LogP contribution is 2.34. The fourth-order valence-corrected chi connectivity index (χ4v) is 1.79. The minimum atomic E-state index is -1.16. The topological polar surface area (TPSA) is 49.3 Å². The number of amides is 1. The highest BCUT2D eigenvalue weighted by Gasteiger charge is 2.28. The molecule has 80 valence electrons. The van der Waals surface area contributed by atoms with Crippen molar-refractivity contribution in [3.63, 3.8) is 0 Å². The van der Waals surface area contributed by atoms with Gasteiger partial charge in [-0.05, 0) is 31.5 Å². The van der Waals surface area contributed by atoms with Crippen LogP contribution in [0.4, 0.5) is 10.1 Å². The van der Waals surface area contributed by atoms with Crippen LogP contribution in [0, 0.1) is 5.82 Å². The van der Waals surface area contributed by atoms with E-state index in [-0.39, 0.29) is 12.3 Å². The van der Waals surface area contributed by atoms with Crippen molar-refractivity contribution in [1.82, 2.24) is 0 Å². The molecule has 0 aliphatic carbocycles. The standard InChI is InChI=1S/C11H12FNO2/c1-11(2,15)8-5-7(12)3-6-4-9(14)13-10(6)8/h3,5,15H,4H2,1-2H3,(H,13,14). The second kappa shape index (κ2) is 3.03. The lowest BCUT2D eigenvalue weighted by molar-refractivity contribution is -0.115. The monoisotopic (exact) mass is 209 g/mol. The fourth-order valence-electron chi connectivity index (χ4n) is 1.79. The SMILES string of the molecule is CC(C)(O)c1cc(F)cc2c1NC(=O)C2. The van der Waals surface area contributed by atoms with Gasteiger partial charge in [0, 0.05) is 5.56 Å². The van der Waals surface area contributed by atoms with Crippen LogP contribution in [-0.4, -0.2) is 11.0 Å². The quantitative estimate of drug-likeness (QED) is 0.737. The normalized spacial score (nSPS) is 15.1. The molecule has 1 aromatic rings. The molecule has 0 atom stereocenters. The van der Waals surface area contributed by atoms with Crippen molar-refractivity contribution in [2.45, 2.75) is 25.9 Å². The second-order valence-corrected chi connectivity index (χ2v) is 4.27. The molecule has 4 heteroatoms. The van der Waals surface area contributed by atoms with Crippen LogP contribution in [-0.2, 0) is 16.8 Å². The molecule has 0 fully saturated rings. The molecule has 3 nitrogen and oxygen atoms in total. The molecule has 1 aromatic carbocycles. The summed E-state index contributed by atoms with van der Waals surface area (Å²) in [6.45, 7) is 3.12. The number of rotatable bonds is 1. The van der Waals surface area contributed by atoms with E-state index in [9.17, 15) is 14.3 Å². The number of carbonyl (C=O) groups is 1. The molecule has 0 aromatic heterocycles. The average Bonchev–Trinajstić information content (AvgIpc) is 2.41. The Hall–Kier alpha value is -1.42. The van der Waals surface area contributed by atoms with Crippen molar-refractivity contribution in [3.05, 3.63) is 29.1 Å².